The Morgan fingerprint density at radius 2 is 1.80 bits per heavy atom. The van der Waals surface area contributed by atoms with Crippen LogP contribution in [0.1, 0.15) is 30.4 Å². The molecule has 0 unspecified atom stereocenters. The lowest BCUT2D eigenvalue weighted by Gasteiger charge is -2.29. The summed E-state index contributed by atoms with van der Waals surface area (Å²) in [7, 11) is 0. The smallest absolute Gasteiger partial charge is 0.317 e. The Labute approximate surface area is 155 Å². The standard InChI is InChI=1S/C21H19BrO3/c1-2-25-21(24)20-18(15-6-4-3-5-7-15)12-16(13-19(20)23)14-8-10-17(22)11-9-14/h3-11,13,18,20H,2,12H2,1H3/t18-,20-/m0/s1. The van der Waals surface area contributed by atoms with Crippen LogP contribution < -0.4 is 0 Å². The fourth-order valence-electron chi connectivity index (χ4n) is 3.26. The molecule has 25 heavy (non-hydrogen) atoms. The van der Waals surface area contributed by atoms with Crippen molar-refractivity contribution in [2.24, 2.45) is 5.92 Å². The maximum absolute atomic E-state index is 12.8. The molecule has 0 aliphatic heterocycles. The number of ketones is 1. The lowest BCUT2D eigenvalue weighted by molar-refractivity contribution is -0.151. The van der Waals surface area contributed by atoms with Gasteiger partial charge in [0.15, 0.2) is 5.78 Å². The van der Waals surface area contributed by atoms with E-state index in [0.29, 0.717) is 6.42 Å². The van der Waals surface area contributed by atoms with Crippen molar-refractivity contribution >= 4 is 33.3 Å². The molecule has 0 amide bonds. The van der Waals surface area contributed by atoms with Gasteiger partial charge in [-0.2, -0.15) is 0 Å². The number of halogens is 1. The van der Waals surface area contributed by atoms with Crippen molar-refractivity contribution in [3.63, 3.8) is 0 Å². The molecule has 2 aromatic carbocycles. The van der Waals surface area contributed by atoms with Gasteiger partial charge in [0.25, 0.3) is 0 Å². The molecule has 0 saturated heterocycles. The van der Waals surface area contributed by atoms with E-state index in [1.807, 2.05) is 54.6 Å². The Morgan fingerprint density at radius 3 is 2.44 bits per heavy atom. The summed E-state index contributed by atoms with van der Waals surface area (Å²) in [5, 5.41) is 0. The predicted molar refractivity (Wildman–Crippen MR) is 101 cm³/mol. The van der Waals surface area contributed by atoms with Crippen molar-refractivity contribution in [2.45, 2.75) is 19.3 Å². The molecule has 0 heterocycles. The number of carbonyl (C=O) groups is 2. The number of rotatable bonds is 4. The number of hydrogen-bond donors (Lipinski definition) is 0. The quantitative estimate of drug-likeness (QED) is 0.550. The normalized spacial score (nSPS) is 20.1. The van der Waals surface area contributed by atoms with Crippen molar-refractivity contribution in [2.75, 3.05) is 6.61 Å². The van der Waals surface area contributed by atoms with Crippen molar-refractivity contribution in [1.82, 2.24) is 0 Å². The van der Waals surface area contributed by atoms with Gasteiger partial charge in [-0.25, -0.2) is 0 Å². The summed E-state index contributed by atoms with van der Waals surface area (Å²) in [5.74, 6) is -1.61. The molecule has 0 radical (unpaired) electrons. The number of ether oxygens (including phenoxy) is 1. The van der Waals surface area contributed by atoms with Crippen molar-refractivity contribution in [3.05, 3.63) is 76.3 Å². The van der Waals surface area contributed by atoms with Crippen LogP contribution >= 0.6 is 15.9 Å². The molecule has 1 aliphatic rings. The van der Waals surface area contributed by atoms with Gasteiger partial charge in [0, 0.05) is 10.4 Å². The number of esters is 1. The molecule has 3 nitrogen and oxygen atoms in total. The van der Waals surface area contributed by atoms with Crippen LogP contribution in [0.25, 0.3) is 5.57 Å². The molecule has 0 saturated carbocycles. The summed E-state index contributed by atoms with van der Waals surface area (Å²) in [6, 6.07) is 17.6. The van der Waals surface area contributed by atoms with Gasteiger partial charge in [0.1, 0.15) is 5.92 Å². The summed E-state index contributed by atoms with van der Waals surface area (Å²) in [6.07, 6.45) is 2.23. The minimum Gasteiger partial charge on any atom is -0.465 e. The number of hydrogen-bond acceptors (Lipinski definition) is 3. The maximum Gasteiger partial charge on any atom is 0.317 e. The molecule has 2 atom stereocenters. The highest BCUT2D eigenvalue weighted by Gasteiger charge is 2.39. The topological polar surface area (TPSA) is 43.4 Å². The highest BCUT2D eigenvalue weighted by molar-refractivity contribution is 9.10. The largest absolute Gasteiger partial charge is 0.465 e. The van der Waals surface area contributed by atoms with Crippen molar-refractivity contribution < 1.29 is 14.3 Å². The lowest BCUT2D eigenvalue weighted by atomic mass is 9.73. The Kier molecular flexibility index (Phi) is 5.49. The minimum absolute atomic E-state index is 0.184. The average Bonchev–Trinajstić information content (AvgIpc) is 2.62. The number of allylic oxidation sites excluding steroid dienone is 2. The predicted octanol–water partition coefficient (Wildman–Crippen LogP) is 4.77. The van der Waals surface area contributed by atoms with Gasteiger partial charge in [-0.1, -0.05) is 58.4 Å². The Morgan fingerprint density at radius 1 is 1.12 bits per heavy atom. The van der Waals surface area contributed by atoms with Crippen LogP contribution in [0.3, 0.4) is 0 Å². The Hall–Kier alpha value is -2.20. The highest BCUT2D eigenvalue weighted by Crippen LogP contribution is 2.40. The highest BCUT2D eigenvalue weighted by atomic mass is 79.9. The second-order valence-electron chi connectivity index (χ2n) is 6.03. The van der Waals surface area contributed by atoms with Gasteiger partial charge in [0.2, 0.25) is 0 Å². The number of carbonyl (C=O) groups excluding carboxylic acids is 2. The molecule has 1 aliphatic carbocycles. The number of benzene rings is 2. The monoisotopic (exact) mass is 398 g/mol. The van der Waals surface area contributed by atoms with E-state index in [0.717, 1.165) is 21.2 Å². The third kappa shape index (κ3) is 3.90. The van der Waals surface area contributed by atoms with Crippen LogP contribution in [0.4, 0.5) is 0 Å². The third-order valence-corrected chi connectivity index (χ3v) is 4.98. The second kappa shape index (κ2) is 7.79. The second-order valence-corrected chi connectivity index (χ2v) is 6.95. The molecule has 0 aromatic heterocycles. The van der Waals surface area contributed by atoms with Crippen LogP contribution in [0.2, 0.25) is 0 Å². The molecule has 0 fully saturated rings. The first-order chi connectivity index (χ1) is 12.1. The Bertz CT molecular complexity index is 794. The van der Waals surface area contributed by atoms with Gasteiger partial charge in [-0.05, 0) is 48.3 Å². The van der Waals surface area contributed by atoms with E-state index in [2.05, 4.69) is 15.9 Å². The first-order valence-electron chi connectivity index (χ1n) is 8.32. The Balaban J connectivity index is 2.00. The van der Waals surface area contributed by atoms with Crippen LogP contribution in [0.5, 0.6) is 0 Å². The van der Waals surface area contributed by atoms with Crippen LogP contribution in [0.15, 0.2) is 65.1 Å². The zero-order valence-electron chi connectivity index (χ0n) is 13.9. The van der Waals surface area contributed by atoms with Crippen LogP contribution in [0, 0.1) is 5.92 Å². The van der Waals surface area contributed by atoms with Gasteiger partial charge in [-0.3, -0.25) is 9.59 Å². The molecule has 0 spiro atoms. The average molecular weight is 399 g/mol. The summed E-state index contributed by atoms with van der Waals surface area (Å²) >= 11 is 3.43. The molecular formula is C21H19BrO3. The SMILES string of the molecule is CCOC(=O)[C@@H]1C(=O)C=C(c2ccc(Br)cc2)C[C@H]1c1ccccc1. The molecule has 0 bridgehead atoms. The van der Waals surface area contributed by atoms with E-state index < -0.39 is 11.9 Å². The van der Waals surface area contributed by atoms with E-state index in [4.69, 9.17) is 4.74 Å². The fourth-order valence-corrected chi connectivity index (χ4v) is 3.53. The van der Waals surface area contributed by atoms with E-state index in [1.54, 1.807) is 13.0 Å². The van der Waals surface area contributed by atoms with Crippen LogP contribution in [-0.2, 0) is 14.3 Å². The van der Waals surface area contributed by atoms with Gasteiger partial charge < -0.3 is 4.74 Å². The van der Waals surface area contributed by atoms with Crippen molar-refractivity contribution in [3.8, 4) is 0 Å². The first kappa shape index (κ1) is 17.6. The zero-order chi connectivity index (χ0) is 17.8. The molecule has 128 valence electrons. The maximum atomic E-state index is 12.8. The van der Waals surface area contributed by atoms with Gasteiger partial charge in [-0.15, -0.1) is 0 Å². The van der Waals surface area contributed by atoms with E-state index in [9.17, 15) is 9.59 Å². The summed E-state index contributed by atoms with van der Waals surface area (Å²) in [5.41, 5.74) is 2.93. The zero-order valence-corrected chi connectivity index (χ0v) is 15.5. The molecule has 3 rings (SSSR count). The van der Waals surface area contributed by atoms with Gasteiger partial charge >= 0.3 is 5.97 Å². The van der Waals surface area contributed by atoms with E-state index >= 15 is 0 Å². The molecular weight excluding hydrogens is 380 g/mol. The van der Waals surface area contributed by atoms with Crippen molar-refractivity contribution in [1.29, 1.82) is 0 Å². The minimum atomic E-state index is -0.776. The van der Waals surface area contributed by atoms with Gasteiger partial charge in [0.05, 0.1) is 6.61 Å². The first-order valence-corrected chi connectivity index (χ1v) is 9.11. The molecule has 0 N–H and O–H groups in total. The fraction of sp³-hybridized carbons (Fsp3) is 0.238. The van der Waals surface area contributed by atoms with E-state index in [-0.39, 0.29) is 18.3 Å². The van der Waals surface area contributed by atoms with E-state index in [1.165, 1.54) is 0 Å². The summed E-state index contributed by atoms with van der Waals surface area (Å²) in [6.45, 7) is 2.03. The summed E-state index contributed by atoms with van der Waals surface area (Å²) in [4.78, 5) is 25.2. The molecule has 2 aromatic rings. The summed E-state index contributed by atoms with van der Waals surface area (Å²) < 4.78 is 6.15. The molecule has 4 heteroatoms. The lowest BCUT2D eigenvalue weighted by Crippen LogP contribution is -2.34. The third-order valence-electron chi connectivity index (χ3n) is 4.45. The van der Waals surface area contributed by atoms with Crippen LogP contribution in [-0.4, -0.2) is 18.4 Å².